The predicted molar refractivity (Wildman–Crippen MR) is 73.6 cm³/mol. The Kier molecular flexibility index (Phi) is 4.44. The summed E-state index contributed by atoms with van der Waals surface area (Å²) in [5.74, 6) is -0.231. The topological polar surface area (TPSA) is 24.9 Å². The molecule has 2 rings (SSSR count). The van der Waals surface area contributed by atoms with Crippen LogP contribution in [0.1, 0.15) is 24.1 Å². The number of hydrogen-bond donors (Lipinski definition) is 1. The van der Waals surface area contributed by atoms with Gasteiger partial charge in [0.2, 0.25) is 0 Å². The summed E-state index contributed by atoms with van der Waals surface area (Å²) in [6, 6.07) is 9.32. The second-order valence-electron chi connectivity index (χ2n) is 4.13. The molecule has 2 aromatic rings. The molecule has 0 saturated carbocycles. The predicted octanol–water partition coefficient (Wildman–Crippen LogP) is 3.83. The Balaban J connectivity index is 1.97. The maximum absolute atomic E-state index is 13.3. The summed E-state index contributed by atoms with van der Waals surface area (Å²) in [4.78, 5) is 3.98. The first-order valence-electron chi connectivity index (χ1n) is 5.74. The average Bonchev–Trinajstić information content (AvgIpc) is 2.41. The van der Waals surface area contributed by atoms with Gasteiger partial charge in [0.1, 0.15) is 5.82 Å². The van der Waals surface area contributed by atoms with E-state index in [0.29, 0.717) is 11.0 Å². The molecule has 0 aliphatic carbocycles. The molecule has 1 atom stereocenters. The molecule has 1 heterocycles. The van der Waals surface area contributed by atoms with Crippen molar-refractivity contribution >= 4 is 15.9 Å². The van der Waals surface area contributed by atoms with Crippen molar-refractivity contribution in [3.8, 4) is 0 Å². The van der Waals surface area contributed by atoms with E-state index in [1.807, 2.05) is 18.2 Å². The highest BCUT2D eigenvalue weighted by molar-refractivity contribution is 9.10. The average molecular weight is 309 g/mol. The molecule has 94 valence electrons. The van der Waals surface area contributed by atoms with Crippen LogP contribution in [-0.4, -0.2) is 4.98 Å². The Morgan fingerprint density at radius 2 is 2.00 bits per heavy atom. The maximum atomic E-state index is 13.3. The van der Waals surface area contributed by atoms with Gasteiger partial charge in [0.05, 0.1) is 4.47 Å². The summed E-state index contributed by atoms with van der Waals surface area (Å²) in [6.45, 7) is 2.71. The van der Waals surface area contributed by atoms with E-state index in [2.05, 4.69) is 33.2 Å². The molecule has 0 aliphatic rings. The largest absolute Gasteiger partial charge is 0.306 e. The third kappa shape index (κ3) is 3.37. The third-order valence-electron chi connectivity index (χ3n) is 2.80. The van der Waals surface area contributed by atoms with Crippen molar-refractivity contribution in [1.29, 1.82) is 0 Å². The molecule has 0 radical (unpaired) electrons. The fourth-order valence-corrected chi connectivity index (χ4v) is 1.94. The van der Waals surface area contributed by atoms with Crippen LogP contribution in [0.15, 0.2) is 47.2 Å². The van der Waals surface area contributed by atoms with E-state index in [-0.39, 0.29) is 11.9 Å². The smallest absolute Gasteiger partial charge is 0.137 e. The minimum Gasteiger partial charge on any atom is -0.306 e. The molecule has 1 N–H and O–H groups in total. The summed E-state index contributed by atoms with van der Waals surface area (Å²) in [5, 5.41) is 3.35. The van der Waals surface area contributed by atoms with E-state index >= 15 is 0 Å². The number of nitrogens with one attached hydrogen (secondary N) is 1. The Hall–Kier alpha value is -1.26. The van der Waals surface area contributed by atoms with Crippen molar-refractivity contribution in [3.05, 3.63) is 64.1 Å². The van der Waals surface area contributed by atoms with Gasteiger partial charge < -0.3 is 5.32 Å². The first-order valence-corrected chi connectivity index (χ1v) is 6.53. The molecule has 0 unspecified atom stereocenters. The van der Waals surface area contributed by atoms with Gasteiger partial charge in [-0.25, -0.2) is 4.39 Å². The molecule has 0 spiro atoms. The third-order valence-corrected chi connectivity index (χ3v) is 3.45. The number of nitrogens with zero attached hydrogens (tertiary/aromatic N) is 1. The molecule has 1 aromatic carbocycles. The zero-order valence-corrected chi connectivity index (χ0v) is 11.6. The first-order chi connectivity index (χ1) is 8.66. The highest BCUT2D eigenvalue weighted by Crippen LogP contribution is 2.17. The standard InChI is InChI=1S/C14H14BrFN2/c1-10(12-4-6-17-7-5-12)18-9-11-2-3-13(15)14(16)8-11/h2-8,10,18H,9H2,1H3/t10-/m1/s1. The quantitative estimate of drug-likeness (QED) is 0.928. The van der Waals surface area contributed by atoms with E-state index in [4.69, 9.17) is 0 Å². The molecule has 1 aromatic heterocycles. The molecule has 0 saturated heterocycles. The van der Waals surface area contributed by atoms with Crippen LogP contribution in [0.4, 0.5) is 4.39 Å². The molecule has 0 amide bonds. The Morgan fingerprint density at radius 3 is 2.67 bits per heavy atom. The lowest BCUT2D eigenvalue weighted by Crippen LogP contribution is -2.18. The Bertz CT molecular complexity index is 516. The minimum absolute atomic E-state index is 0.208. The number of rotatable bonds is 4. The number of halogens is 2. The molecule has 18 heavy (non-hydrogen) atoms. The zero-order chi connectivity index (χ0) is 13.0. The van der Waals surface area contributed by atoms with Gasteiger partial charge >= 0.3 is 0 Å². The molecule has 0 fully saturated rings. The highest BCUT2D eigenvalue weighted by Gasteiger charge is 2.05. The van der Waals surface area contributed by atoms with Crippen LogP contribution in [0, 0.1) is 5.82 Å². The van der Waals surface area contributed by atoms with Gasteiger partial charge in [-0.3, -0.25) is 4.98 Å². The highest BCUT2D eigenvalue weighted by atomic mass is 79.9. The van der Waals surface area contributed by atoms with Crippen LogP contribution in [0.5, 0.6) is 0 Å². The molecule has 0 bridgehead atoms. The van der Waals surface area contributed by atoms with Gasteiger partial charge in [0, 0.05) is 25.0 Å². The fraction of sp³-hybridized carbons (Fsp3) is 0.214. The SMILES string of the molecule is C[C@@H](NCc1ccc(Br)c(F)c1)c1ccncc1. The summed E-state index contributed by atoms with van der Waals surface area (Å²) in [5.41, 5.74) is 2.10. The van der Waals surface area contributed by atoms with E-state index in [1.165, 1.54) is 11.6 Å². The number of hydrogen-bond acceptors (Lipinski definition) is 2. The molecular formula is C14H14BrFN2. The number of aromatic nitrogens is 1. The number of pyridine rings is 1. The lowest BCUT2D eigenvalue weighted by atomic mass is 10.1. The van der Waals surface area contributed by atoms with Gasteiger partial charge in [0.15, 0.2) is 0 Å². The van der Waals surface area contributed by atoms with Crippen LogP contribution < -0.4 is 5.32 Å². The molecule has 4 heteroatoms. The second kappa shape index (κ2) is 6.07. The summed E-state index contributed by atoms with van der Waals surface area (Å²) >= 11 is 3.14. The normalized spacial score (nSPS) is 12.4. The molecule has 0 aliphatic heterocycles. The van der Waals surface area contributed by atoms with Gasteiger partial charge in [0.25, 0.3) is 0 Å². The van der Waals surface area contributed by atoms with Crippen LogP contribution in [0.25, 0.3) is 0 Å². The summed E-state index contributed by atoms with van der Waals surface area (Å²) < 4.78 is 13.8. The second-order valence-corrected chi connectivity index (χ2v) is 4.99. The summed E-state index contributed by atoms with van der Waals surface area (Å²) in [7, 11) is 0. The van der Waals surface area contributed by atoms with Crippen molar-refractivity contribution in [2.75, 3.05) is 0 Å². The van der Waals surface area contributed by atoms with Crippen LogP contribution in [0.2, 0.25) is 0 Å². The van der Waals surface area contributed by atoms with E-state index in [9.17, 15) is 4.39 Å². The summed E-state index contributed by atoms with van der Waals surface area (Å²) in [6.07, 6.45) is 3.54. The Labute approximate surface area is 114 Å². The fourth-order valence-electron chi connectivity index (χ4n) is 1.69. The Morgan fingerprint density at radius 1 is 1.28 bits per heavy atom. The van der Waals surface area contributed by atoms with Gasteiger partial charge in [-0.2, -0.15) is 0 Å². The van der Waals surface area contributed by atoms with Crippen molar-refractivity contribution in [1.82, 2.24) is 10.3 Å². The minimum atomic E-state index is -0.231. The van der Waals surface area contributed by atoms with Gasteiger partial charge in [-0.05, 0) is 58.2 Å². The zero-order valence-electron chi connectivity index (χ0n) is 10.0. The number of benzene rings is 1. The van der Waals surface area contributed by atoms with Gasteiger partial charge in [-0.1, -0.05) is 6.07 Å². The van der Waals surface area contributed by atoms with Crippen LogP contribution in [-0.2, 0) is 6.54 Å². The van der Waals surface area contributed by atoms with E-state index in [0.717, 1.165) is 5.56 Å². The van der Waals surface area contributed by atoms with E-state index in [1.54, 1.807) is 18.5 Å². The van der Waals surface area contributed by atoms with Crippen LogP contribution in [0.3, 0.4) is 0 Å². The van der Waals surface area contributed by atoms with E-state index < -0.39 is 0 Å². The van der Waals surface area contributed by atoms with Crippen molar-refractivity contribution in [2.45, 2.75) is 19.5 Å². The first kappa shape index (κ1) is 13.2. The molecular weight excluding hydrogens is 295 g/mol. The monoisotopic (exact) mass is 308 g/mol. The molecule has 2 nitrogen and oxygen atoms in total. The van der Waals surface area contributed by atoms with Gasteiger partial charge in [-0.15, -0.1) is 0 Å². The van der Waals surface area contributed by atoms with Crippen molar-refractivity contribution < 1.29 is 4.39 Å². The van der Waals surface area contributed by atoms with Crippen molar-refractivity contribution in [2.24, 2.45) is 0 Å². The van der Waals surface area contributed by atoms with Crippen LogP contribution >= 0.6 is 15.9 Å². The van der Waals surface area contributed by atoms with Crippen molar-refractivity contribution in [3.63, 3.8) is 0 Å². The lowest BCUT2D eigenvalue weighted by Gasteiger charge is -2.14. The maximum Gasteiger partial charge on any atom is 0.137 e. The lowest BCUT2D eigenvalue weighted by molar-refractivity contribution is 0.568.